The minimum atomic E-state index is 0.00372. The van der Waals surface area contributed by atoms with Crippen LogP contribution in [0, 0.1) is 11.8 Å². The van der Waals surface area contributed by atoms with E-state index in [1.165, 1.54) is 0 Å². The molecule has 0 saturated carbocycles. The highest BCUT2D eigenvalue weighted by Crippen LogP contribution is 2.57. The molecule has 1 aliphatic carbocycles. The number of hydrogen-bond donors (Lipinski definition) is 1. The van der Waals surface area contributed by atoms with Gasteiger partial charge in [0.1, 0.15) is 0 Å². The predicted molar refractivity (Wildman–Crippen MR) is 90.0 cm³/mol. The van der Waals surface area contributed by atoms with Gasteiger partial charge in [0.2, 0.25) is 5.91 Å². The van der Waals surface area contributed by atoms with E-state index in [1.807, 2.05) is 30.1 Å². The van der Waals surface area contributed by atoms with Crippen LogP contribution in [0.2, 0.25) is 0 Å². The number of allylic oxidation sites excluding steroid dienone is 3. The van der Waals surface area contributed by atoms with Crippen LogP contribution < -0.4 is 5.32 Å². The number of anilines is 1. The van der Waals surface area contributed by atoms with E-state index in [1.54, 1.807) is 12.4 Å². The Kier molecular flexibility index (Phi) is 3.37. The summed E-state index contributed by atoms with van der Waals surface area (Å²) < 4.78 is 0.00372. The number of carbonyl (C=O) groups is 1. The topological polar surface area (TPSA) is 54.4 Å². The van der Waals surface area contributed by atoms with E-state index < -0.39 is 0 Å². The molecule has 0 aromatic carbocycles. The molecule has 1 N–H and O–H groups in total. The molecule has 4 nitrogen and oxygen atoms in total. The lowest BCUT2D eigenvalue weighted by molar-refractivity contribution is -0.120. The van der Waals surface area contributed by atoms with Crippen molar-refractivity contribution in [2.24, 2.45) is 16.8 Å². The molecule has 112 valence electrons. The van der Waals surface area contributed by atoms with E-state index in [0.29, 0.717) is 5.92 Å². The standard InChI is InChI=1S/C17H17N3OS/c21-16(20-12-4-8-18-9-5-12)13-11-22-17-7-2-1-3-15(17)19-10-6-14(13)17/h1-5,8-10,13-14H,6-7,11H2,(H,18,20,21). The van der Waals surface area contributed by atoms with Gasteiger partial charge in [-0.1, -0.05) is 12.2 Å². The van der Waals surface area contributed by atoms with Gasteiger partial charge in [0.15, 0.2) is 0 Å². The number of aliphatic imine (C=N–C) groups is 1. The van der Waals surface area contributed by atoms with Gasteiger partial charge in [-0.25, -0.2) is 0 Å². The van der Waals surface area contributed by atoms with Crippen molar-refractivity contribution in [3.8, 4) is 0 Å². The highest BCUT2D eigenvalue weighted by Gasteiger charge is 2.54. The Labute approximate surface area is 133 Å². The minimum Gasteiger partial charge on any atom is -0.326 e. The van der Waals surface area contributed by atoms with Crippen LogP contribution in [0.3, 0.4) is 0 Å². The summed E-state index contributed by atoms with van der Waals surface area (Å²) in [7, 11) is 0. The molecular formula is C17H17N3OS. The second kappa shape index (κ2) is 5.39. The molecule has 0 radical (unpaired) electrons. The first-order chi connectivity index (χ1) is 10.8. The molecule has 3 unspecified atom stereocenters. The SMILES string of the molecule is O=C(Nc1ccncc1)C1CSC23CC=CC=C2N=CCC13. The zero-order chi connectivity index (χ0) is 15.0. The summed E-state index contributed by atoms with van der Waals surface area (Å²) in [5, 5.41) is 3.03. The van der Waals surface area contributed by atoms with Crippen molar-refractivity contribution < 1.29 is 4.79 Å². The van der Waals surface area contributed by atoms with E-state index in [-0.39, 0.29) is 16.6 Å². The van der Waals surface area contributed by atoms with Crippen molar-refractivity contribution in [3.63, 3.8) is 0 Å². The second-order valence-corrected chi connectivity index (χ2v) is 7.22. The van der Waals surface area contributed by atoms with E-state index in [4.69, 9.17) is 0 Å². The number of thioether (sulfide) groups is 1. The smallest absolute Gasteiger partial charge is 0.228 e. The van der Waals surface area contributed by atoms with Gasteiger partial charge in [-0.2, -0.15) is 0 Å². The van der Waals surface area contributed by atoms with Gasteiger partial charge in [-0.3, -0.25) is 14.8 Å². The maximum atomic E-state index is 12.7. The number of hydrogen-bond acceptors (Lipinski definition) is 4. The van der Waals surface area contributed by atoms with E-state index in [2.05, 4.69) is 33.5 Å². The second-order valence-electron chi connectivity index (χ2n) is 5.87. The first-order valence-electron chi connectivity index (χ1n) is 7.54. The molecule has 4 rings (SSSR count). The molecule has 1 aromatic heterocycles. The monoisotopic (exact) mass is 311 g/mol. The first kappa shape index (κ1) is 13.8. The summed E-state index contributed by atoms with van der Waals surface area (Å²) in [6.45, 7) is 0. The van der Waals surface area contributed by atoms with Gasteiger partial charge < -0.3 is 5.32 Å². The molecule has 0 bridgehead atoms. The fraction of sp³-hybridized carbons (Fsp3) is 0.353. The zero-order valence-electron chi connectivity index (χ0n) is 12.1. The number of nitrogens with one attached hydrogen (secondary N) is 1. The largest absolute Gasteiger partial charge is 0.326 e. The minimum absolute atomic E-state index is 0.00372. The van der Waals surface area contributed by atoms with Crippen molar-refractivity contribution in [3.05, 3.63) is 48.5 Å². The Morgan fingerprint density at radius 1 is 1.36 bits per heavy atom. The molecule has 1 amide bonds. The van der Waals surface area contributed by atoms with Crippen LogP contribution >= 0.6 is 11.8 Å². The molecule has 3 aliphatic rings. The van der Waals surface area contributed by atoms with Crippen LogP contribution in [-0.2, 0) is 4.79 Å². The Morgan fingerprint density at radius 2 is 2.23 bits per heavy atom. The number of carbonyl (C=O) groups excluding carboxylic acids is 1. The zero-order valence-corrected chi connectivity index (χ0v) is 12.9. The summed E-state index contributed by atoms with van der Waals surface area (Å²) >= 11 is 1.90. The quantitative estimate of drug-likeness (QED) is 0.913. The van der Waals surface area contributed by atoms with Gasteiger partial charge >= 0.3 is 0 Å². The van der Waals surface area contributed by atoms with Crippen LogP contribution in [-0.4, -0.2) is 27.6 Å². The maximum absolute atomic E-state index is 12.7. The average molecular weight is 311 g/mol. The normalized spacial score (nSPS) is 32.1. The third kappa shape index (κ3) is 2.11. The molecular weight excluding hydrogens is 294 g/mol. The molecule has 3 heterocycles. The molecule has 22 heavy (non-hydrogen) atoms. The van der Waals surface area contributed by atoms with Crippen LogP contribution in [0.25, 0.3) is 0 Å². The highest BCUT2D eigenvalue weighted by atomic mass is 32.2. The van der Waals surface area contributed by atoms with Crippen LogP contribution in [0.15, 0.2) is 53.4 Å². The lowest BCUT2D eigenvalue weighted by Gasteiger charge is -2.39. The Bertz CT molecular complexity index is 682. The molecule has 3 atom stereocenters. The van der Waals surface area contributed by atoms with Gasteiger partial charge in [0, 0.05) is 30.0 Å². The first-order valence-corrected chi connectivity index (χ1v) is 8.53. The maximum Gasteiger partial charge on any atom is 0.228 e. The van der Waals surface area contributed by atoms with Crippen LogP contribution in [0.5, 0.6) is 0 Å². The fourth-order valence-electron chi connectivity index (χ4n) is 3.61. The molecule has 1 fully saturated rings. The number of aromatic nitrogens is 1. The molecule has 2 aliphatic heterocycles. The molecule has 1 saturated heterocycles. The van der Waals surface area contributed by atoms with Crippen molar-refractivity contribution >= 4 is 29.6 Å². The Balaban J connectivity index is 1.58. The lowest BCUT2D eigenvalue weighted by Crippen LogP contribution is -2.41. The summed E-state index contributed by atoms with van der Waals surface area (Å²) in [5.41, 5.74) is 1.95. The lowest BCUT2D eigenvalue weighted by atomic mass is 9.73. The Hall–Kier alpha value is -1.88. The predicted octanol–water partition coefficient (Wildman–Crippen LogP) is 3.06. The molecule has 1 aromatic rings. The van der Waals surface area contributed by atoms with Crippen molar-refractivity contribution in [2.45, 2.75) is 17.6 Å². The summed E-state index contributed by atoms with van der Waals surface area (Å²) in [6.07, 6.45) is 13.6. The third-order valence-electron chi connectivity index (χ3n) is 4.72. The Morgan fingerprint density at radius 3 is 3.09 bits per heavy atom. The van der Waals surface area contributed by atoms with Crippen molar-refractivity contribution in [2.75, 3.05) is 11.1 Å². The summed E-state index contributed by atoms with van der Waals surface area (Å²) in [4.78, 5) is 21.3. The van der Waals surface area contributed by atoms with Gasteiger partial charge in [-0.15, -0.1) is 11.8 Å². The summed E-state index contributed by atoms with van der Waals surface area (Å²) in [5.74, 6) is 1.33. The third-order valence-corrected chi connectivity index (χ3v) is 6.44. The number of amides is 1. The van der Waals surface area contributed by atoms with Gasteiger partial charge in [-0.05, 0) is 37.0 Å². The number of nitrogens with zero attached hydrogens (tertiary/aromatic N) is 2. The van der Waals surface area contributed by atoms with Crippen molar-refractivity contribution in [1.82, 2.24) is 4.98 Å². The summed E-state index contributed by atoms with van der Waals surface area (Å²) in [6, 6.07) is 3.65. The van der Waals surface area contributed by atoms with Crippen LogP contribution in [0.1, 0.15) is 12.8 Å². The van der Waals surface area contributed by atoms with E-state index in [9.17, 15) is 4.79 Å². The highest BCUT2D eigenvalue weighted by molar-refractivity contribution is 8.01. The fourth-order valence-corrected chi connectivity index (χ4v) is 5.43. The van der Waals surface area contributed by atoms with E-state index >= 15 is 0 Å². The average Bonchev–Trinajstić information content (AvgIpc) is 2.93. The molecule has 1 spiro atoms. The van der Waals surface area contributed by atoms with Crippen LogP contribution in [0.4, 0.5) is 5.69 Å². The number of pyridine rings is 1. The van der Waals surface area contributed by atoms with Gasteiger partial charge in [0.05, 0.1) is 16.4 Å². The van der Waals surface area contributed by atoms with E-state index in [0.717, 1.165) is 30.0 Å². The molecule has 5 heteroatoms. The van der Waals surface area contributed by atoms with Crippen molar-refractivity contribution in [1.29, 1.82) is 0 Å². The van der Waals surface area contributed by atoms with Gasteiger partial charge in [0.25, 0.3) is 0 Å². The number of rotatable bonds is 2.